The predicted octanol–water partition coefficient (Wildman–Crippen LogP) is 3.07. The molecular formula is C18H25N3O2. The minimum atomic E-state index is -0.470. The normalized spacial score (nSPS) is 21.3. The van der Waals surface area contributed by atoms with Gasteiger partial charge in [-0.15, -0.1) is 0 Å². The second-order valence-corrected chi connectivity index (χ2v) is 6.73. The second kappa shape index (κ2) is 6.86. The average Bonchev–Trinajstić information content (AvgIpc) is 3.22. The van der Waals surface area contributed by atoms with Crippen molar-refractivity contribution in [1.29, 1.82) is 0 Å². The molecule has 0 radical (unpaired) electrons. The molecule has 1 fully saturated rings. The molecule has 2 atom stereocenters. The summed E-state index contributed by atoms with van der Waals surface area (Å²) in [5.74, 6) is 0.349. The van der Waals surface area contributed by atoms with Crippen LogP contribution in [0.5, 0.6) is 0 Å². The van der Waals surface area contributed by atoms with E-state index >= 15 is 0 Å². The number of hydrogen-bond donors (Lipinski definition) is 2. The van der Waals surface area contributed by atoms with E-state index in [9.17, 15) is 4.79 Å². The van der Waals surface area contributed by atoms with Crippen molar-refractivity contribution in [3.05, 3.63) is 41.6 Å². The summed E-state index contributed by atoms with van der Waals surface area (Å²) in [6.45, 7) is 5.58. The summed E-state index contributed by atoms with van der Waals surface area (Å²) in [6.07, 6.45) is 3.87. The first kappa shape index (κ1) is 17.1. The topological polar surface area (TPSA) is 76.7 Å². The van der Waals surface area contributed by atoms with E-state index in [1.165, 1.54) is 5.56 Å². The molecule has 2 unspecified atom stereocenters. The molecule has 0 heterocycles. The van der Waals surface area contributed by atoms with E-state index in [4.69, 9.17) is 10.5 Å². The molecule has 23 heavy (non-hydrogen) atoms. The van der Waals surface area contributed by atoms with Gasteiger partial charge in [0.05, 0.1) is 0 Å². The number of nitrogens with one attached hydrogen (secondary N) is 1. The zero-order chi connectivity index (χ0) is 17.0. The van der Waals surface area contributed by atoms with E-state index < -0.39 is 5.60 Å². The van der Waals surface area contributed by atoms with Crippen LogP contribution in [0.1, 0.15) is 44.2 Å². The van der Waals surface area contributed by atoms with Crippen LogP contribution in [-0.2, 0) is 4.74 Å². The molecule has 3 N–H and O–H groups in total. The van der Waals surface area contributed by atoms with Gasteiger partial charge in [-0.05, 0) is 38.3 Å². The summed E-state index contributed by atoms with van der Waals surface area (Å²) in [5, 5.41) is 2.91. The molecule has 5 heteroatoms. The highest BCUT2D eigenvalue weighted by atomic mass is 16.6. The molecule has 0 spiro atoms. The number of ether oxygens (including phenoxy) is 1. The van der Waals surface area contributed by atoms with Crippen molar-refractivity contribution < 1.29 is 9.53 Å². The molecular weight excluding hydrogens is 290 g/mol. The van der Waals surface area contributed by atoms with Crippen LogP contribution in [0, 0.1) is 0 Å². The quantitative estimate of drug-likeness (QED) is 0.838. The number of alkyl carbamates (subject to hydrolysis) is 1. The summed E-state index contributed by atoms with van der Waals surface area (Å²) in [5.41, 5.74) is 8.27. The van der Waals surface area contributed by atoms with E-state index in [1.54, 1.807) is 19.5 Å². The zero-order valence-electron chi connectivity index (χ0n) is 14.2. The van der Waals surface area contributed by atoms with Crippen LogP contribution in [0.15, 0.2) is 35.5 Å². The fourth-order valence-electron chi connectivity index (χ4n) is 2.46. The molecule has 5 nitrogen and oxygen atoms in total. The summed E-state index contributed by atoms with van der Waals surface area (Å²) in [7, 11) is 1.72. The largest absolute Gasteiger partial charge is 0.444 e. The van der Waals surface area contributed by atoms with Gasteiger partial charge in [0.2, 0.25) is 0 Å². The van der Waals surface area contributed by atoms with E-state index in [0.717, 1.165) is 17.6 Å². The Bertz CT molecular complexity index is 612. The summed E-state index contributed by atoms with van der Waals surface area (Å²) in [4.78, 5) is 15.8. The van der Waals surface area contributed by atoms with Crippen molar-refractivity contribution in [1.82, 2.24) is 5.32 Å². The zero-order valence-corrected chi connectivity index (χ0v) is 14.2. The van der Waals surface area contributed by atoms with Gasteiger partial charge in [0.1, 0.15) is 5.60 Å². The number of allylic oxidation sites excluding steroid dienone is 1. The summed E-state index contributed by atoms with van der Waals surface area (Å²) < 4.78 is 5.28. The highest BCUT2D eigenvalue weighted by Crippen LogP contribution is 2.41. The van der Waals surface area contributed by atoms with Gasteiger partial charge in [0.15, 0.2) is 0 Å². The predicted molar refractivity (Wildman–Crippen MR) is 93.5 cm³/mol. The number of nitrogens with zero attached hydrogens (tertiary/aromatic N) is 1. The lowest BCUT2D eigenvalue weighted by atomic mass is 10.0. The number of carbonyl (C=O) groups is 1. The Balaban J connectivity index is 1.94. The van der Waals surface area contributed by atoms with Crippen molar-refractivity contribution in [2.45, 2.75) is 44.8 Å². The van der Waals surface area contributed by atoms with Gasteiger partial charge < -0.3 is 15.8 Å². The molecule has 1 aromatic rings. The van der Waals surface area contributed by atoms with Crippen molar-refractivity contribution in [2.75, 3.05) is 7.05 Å². The van der Waals surface area contributed by atoms with Crippen LogP contribution in [0.3, 0.4) is 0 Å². The Hall–Kier alpha value is -2.30. The lowest BCUT2D eigenvalue weighted by Crippen LogP contribution is -2.34. The Morgan fingerprint density at radius 1 is 1.35 bits per heavy atom. The Kier molecular flexibility index (Phi) is 5.08. The van der Waals surface area contributed by atoms with Gasteiger partial charge in [-0.3, -0.25) is 4.99 Å². The summed E-state index contributed by atoms with van der Waals surface area (Å²) in [6, 6.07) is 8.35. The third-order valence-electron chi connectivity index (χ3n) is 3.61. The molecule has 1 aliphatic carbocycles. The van der Waals surface area contributed by atoms with Crippen LogP contribution >= 0.6 is 0 Å². The first-order chi connectivity index (χ1) is 10.8. The number of rotatable bonds is 4. The number of aliphatic imine (C=N–C) groups is 1. The van der Waals surface area contributed by atoms with Gasteiger partial charge >= 0.3 is 6.09 Å². The molecule has 1 aromatic carbocycles. The van der Waals surface area contributed by atoms with Gasteiger partial charge in [-0.1, -0.05) is 24.3 Å². The number of benzene rings is 1. The highest BCUT2D eigenvalue weighted by Gasteiger charge is 2.40. The van der Waals surface area contributed by atoms with Crippen LogP contribution in [0.2, 0.25) is 0 Å². The third kappa shape index (κ3) is 4.84. The number of hydrogen-bond acceptors (Lipinski definition) is 4. The van der Waals surface area contributed by atoms with Crippen molar-refractivity contribution >= 4 is 17.9 Å². The standard InChI is InChI=1S/C18H25N3O2/c1-18(2,3)23-17(22)21-16-9-15(16)13-7-5-12(6-8-13)14(10-19)11-20-4/h5-8,10-11,15-16H,9,19H2,1-4H3,(H,21,22). The maximum Gasteiger partial charge on any atom is 0.407 e. The molecule has 0 bridgehead atoms. The molecule has 1 amide bonds. The fourth-order valence-corrected chi connectivity index (χ4v) is 2.46. The molecule has 1 aliphatic rings. The molecule has 0 saturated heterocycles. The lowest BCUT2D eigenvalue weighted by Gasteiger charge is -2.19. The van der Waals surface area contributed by atoms with E-state index in [2.05, 4.69) is 22.4 Å². The molecule has 1 saturated carbocycles. The maximum absolute atomic E-state index is 11.8. The minimum absolute atomic E-state index is 0.150. The summed E-state index contributed by atoms with van der Waals surface area (Å²) >= 11 is 0. The second-order valence-electron chi connectivity index (χ2n) is 6.73. The first-order valence-electron chi connectivity index (χ1n) is 7.78. The molecule has 0 aromatic heterocycles. The molecule has 124 valence electrons. The third-order valence-corrected chi connectivity index (χ3v) is 3.61. The SMILES string of the molecule is CN=CC(=CN)c1ccc(C2CC2NC(=O)OC(C)(C)C)cc1. The van der Waals surface area contributed by atoms with Crippen LogP contribution in [0.25, 0.3) is 5.57 Å². The van der Waals surface area contributed by atoms with Gasteiger partial charge in [0.25, 0.3) is 0 Å². The van der Waals surface area contributed by atoms with Crippen LogP contribution in [0.4, 0.5) is 4.79 Å². The van der Waals surface area contributed by atoms with Gasteiger partial charge in [-0.2, -0.15) is 0 Å². The minimum Gasteiger partial charge on any atom is -0.444 e. The monoisotopic (exact) mass is 315 g/mol. The van der Waals surface area contributed by atoms with E-state index in [0.29, 0.717) is 5.92 Å². The smallest absolute Gasteiger partial charge is 0.407 e. The highest BCUT2D eigenvalue weighted by molar-refractivity contribution is 6.09. The van der Waals surface area contributed by atoms with Crippen molar-refractivity contribution in [3.8, 4) is 0 Å². The first-order valence-corrected chi connectivity index (χ1v) is 7.78. The molecule has 2 rings (SSSR count). The number of carbonyl (C=O) groups excluding carboxylic acids is 1. The van der Waals surface area contributed by atoms with E-state index in [1.807, 2.05) is 32.9 Å². The Morgan fingerprint density at radius 3 is 2.52 bits per heavy atom. The van der Waals surface area contributed by atoms with Gasteiger partial charge in [-0.25, -0.2) is 4.79 Å². The fraction of sp³-hybridized carbons (Fsp3) is 0.444. The Labute approximate surface area is 137 Å². The maximum atomic E-state index is 11.8. The lowest BCUT2D eigenvalue weighted by molar-refractivity contribution is 0.0523. The van der Waals surface area contributed by atoms with Crippen molar-refractivity contribution in [2.24, 2.45) is 10.7 Å². The number of nitrogens with two attached hydrogens (primary N) is 1. The Morgan fingerprint density at radius 2 is 2.00 bits per heavy atom. The molecule has 0 aliphatic heterocycles. The van der Waals surface area contributed by atoms with Crippen molar-refractivity contribution in [3.63, 3.8) is 0 Å². The van der Waals surface area contributed by atoms with Gasteiger partial charge in [0, 0.05) is 37.0 Å². The van der Waals surface area contributed by atoms with E-state index in [-0.39, 0.29) is 12.1 Å². The average molecular weight is 315 g/mol. The van der Waals surface area contributed by atoms with Crippen LogP contribution in [-0.4, -0.2) is 31.0 Å². The van der Waals surface area contributed by atoms with Crippen LogP contribution < -0.4 is 11.1 Å². The number of amides is 1.